The van der Waals surface area contributed by atoms with Gasteiger partial charge in [0.1, 0.15) is 0 Å². The van der Waals surface area contributed by atoms with Gasteiger partial charge in [-0.25, -0.2) is 0 Å². The number of ether oxygens (including phenoxy) is 1. The lowest BCUT2D eigenvalue weighted by Gasteiger charge is -2.35. The molecule has 112 valence electrons. The Morgan fingerprint density at radius 3 is 2.74 bits per heavy atom. The van der Waals surface area contributed by atoms with Gasteiger partial charge in [0.2, 0.25) is 0 Å². The van der Waals surface area contributed by atoms with E-state index in [9.17, 15) is 5.11 Å². The van der Waals surface area contributed by atoms with Crippen molar-refractivity contribution in [1.82, 2.24) is 10.2 Å². The van der Waals surface area contributed by atoms with E-state index in [0.717, 1.165) is 6.54 Å². The predicted octanol–water partition coefficient (Wildman–Crippen LogP) is 1.38. The first-order chi connectivity index (χ1) is 9.15. The van der Waals surface area contributed by atoms with E-state index in [-0.39, 0.29) is 6.10 Å². The molecule has 0 aromatic carbocycles. The van der Waals surface area contributed by atoms with Crippen molar-refractivity contribution in [3.05, 3.63) is 0 Å². The van der Waals surface area contributed by atoms with E-state index in [1.165, 1.54) is 38.5 Å². The topological polar surface area (TPSA) is 44.7 Å². The molecule has 0 radical (unpaired) electrons. The maximum Gasteiger partial charge on any atom is 0.0897 e. The van der Waals surface area contributed by atoms with Crippen LogP contribution in [0.1, 0.15) is 45.4 Å². The van der Waals surface area contributed by atoms with E-state index in [4.69, 9.17) is 4.74 Å². The molecule has 4 nitrogen and oxygen atoms in total. The highest BCUT2D eigenvalue weighted by Gasteiger charge is 2.23. The van der Waals surface area contributed by atoms with Gasteiger partial charge in [-0.3, -0.25) is 0 Å². The lowest BCUT2D eigenvalue weighted by molar-refractivity contribution is -0.00717. The van der Waals surface area contributed by atoms with Crippen molar-refractivity contribution in [2.45, 2.75) is 69.7 Å². The Kier molecular flexibility index (Phi) is 6.07. The highest BCUT2D eigenvalue weighted by molar-refractivity contribution is 4.81. The maximum atomic E-state index is 9.96. The first kappa shape index (κ1) is 15.2. The van der Waals surface area contributed by atoms with Crippen LogP contribution in [0, 0.1) is 0 Å². The maximum absolute atomic E-state index is 9.96. The molecule has 2 rings (SSSR count). The fourth-order valence-corrected chi connectivity index (χ4v) is 3.14. The predicted molar refractivity (Wildman–Crippen MR) is 77.3 cm³/mol. The monoisotopic (exact) mass is 270 g/mol. The highest BCUT2D eigenvalue weighted by atomic mass is 16.5. The largest absolute Gasteiger partial charge is 0.389 e. The van der Waals surface area contributed by atoms with Gasteiger partial charge in [-0.1, -0.05) is 12.8 Å². The summed E-state index contributed by atoms with van der Waals surface area (Å²) in [7, 11) is 2.19. The van der Waals surface area contributed by atoms with Crippen LogP contribution in [0.3, 0.4) is 0 Å². The Balaban J connectivity index is 1.56. The number of aliphatic hydroxyl groups is 1. The van der Waals surface area contributed by atoms with Gasteiger partial charge in [0.15, 0.2) is 0 Å². The molecule has 2 N–H and O–H groups in total. The molecule has 2 fully saturated rings. The third kappa shape index (κ3) is 5.03. The molecule has 0 aromatic heterocycles. The second-order valence-electron chi connectivity index (χ2n) is 6.35. The Hall–Kier alpha value is -0.160. The first-order valence-electron chi connectivity index (χ1n) is 7.88. The zero-order chi connectivity index (χ0) is 13.7. The summed E-state index contributed by atoms with van der Waals surface area (Å²) >= 11 is 0. The Labute approximate surface area is 117 Å². The summed E-state index contributed by atoms with van der Waals surface area (Å²) in [6, 6.07) is 1.19. The number of hydrogen-bond donors (Lipinski definition) is 2. The molecule has 0 amide bonds. The summed E-state index contributed by atoms with van der Waals surface area (Å²) in [4.78, 5) is 2.40. The molecule has 1 saturated carbocycles. The quantitative estimate of drug-likeness (QED) is 0.765. The van der Waals surface area contributed by atoms with E-state index >= 15 is 0 Å². The van der Waals surface area contributed by atoms with Crippen LogP contribution in [-0.4, -0.2) is 61.0 Å². The van der Waals surface area contributed by atoms with Crippen molar-refractivity contribution in [1.29, 1.82) is 0 Å². The second-order valence-corrected chi connectivity index (χ2v) is 6.35. The van der Waals surface area contributed by atoms with Gasteiger partial charge >= 0.3 is 0 Å². The van der Waals surface area contributed by atoms with Crippen molar-refractivity contribution in [2.24, 2.45) is 0 Å². The van der Waals surface area contributed by atoms with Gasteiger partial charge in [-0.05, 0) is 46.2 Å². The van der Waals surface area contributed by atoms with Crippen molar-refractivity contribution in [2.75, 3.05) is 26.7 Å². The van der Waals surface area contributed by atoms with Crippen LogP contribution in [0.25, 0.3) is 0 Å². The number of nitrogens with zero attached hydrogens (tertiary/aromatic N) is 1. The minimum atomic E-state index is -0.365. The fraction of sp³-hybridized carbons (Fsp3) is 1.00. The summed E-state index contributed by atoms with van der Waals surface area (Å²) in [5.74, 6) is 0. The van der Waals surface area contributed by atoms with Gasteiger partial charge in [0, 0.05) is 18.6 Å². The normalized spacial score (nSPS) is 31.7. The van der Waals surface area contributed by atoms with E-state index < -0.39 is 0 Å². The van der Waals surface area contributed by atoms with E-state index in [1.54, 1.807) is 0 Å². The SMILES string of the molecule is CC1CC(NCC(O)COC2CCCC2)CCN1C. The van der Waals surface area contributed by atoms with Gasteiger partial charge in [-0.2, -0.15) is 0 Å². The molecule has 3 unspecified atom stereocenters. The fourth-order valence-electron chi connectivity index (χ4n) is 3.14. The lowest BCUT2D eigenvalue weighted by atomic mass is 9.99. The van der Waals surface area contributed by atoms with Crippen LogP contribution in [0.15, 0.2) is 0 Å². The Morgan fingerprint density at radius 2 is 2.05 bits per heavy atom. The van der Waals surface area contributed by atoms with Gasteiger partial charge in [0.05, 0.1) is 18.8 Å². The van der Waals surface area contributed by atoms with Crippen molar-refractivity contribution in [3.8, 4) is 0 Å². The summed E-state index contributed by atoms with van der Waals surface area (Å²) < 4.78 is 5.74. The average Bonchev–Trinajstić information content (AvgIpc) is 2.91. The van der Waals surface area contributed by atoms with Gasteiger partial charge in [-0.15, -0.1) is 0 Å². The third-order valence-corrected chi connectivity index (χ3v) is 4.68. The molecule has 19 heavy (non-hydrogen) atoms. The molecule has 2 aliphatic rings. The number of nitrogens with one attached hydrogen (secondary N) is 1. The smallest absolute Gasteiger partial charge is 0.0897 e. The van der Waals surface area contributed by atoms with Crippen LogP contribution in [0.4, 0.5) is 0 Å². The molecule has 3 atom stereocenters. The minimum absolute atomic E-state index is 0.365. The van der Waals surface area contributed by atoms with E-state index in [0.29, 0.717) is 31.3 Å². The molecule has 4 heteroatoms. The molecule has 0 bridgehead atoms. The highest BCUT2D eigenvalue weighted by Crippen LogP contribution is 2.21. The molecule has 1 aliphatic carbocycles. The average molecular weight is 270 g/mol. The number of likely N-dealkylation sites (tertiary alicyclic amines) is 1. The first-order valence-corrected chi connectivity index (χ1v) is 7.88. The molecular formula is C15H30N2O2. The summed E-state index contributed by atoms with van der Waals surface area (Å²) in [6.45, 7) is 4.56. The Bertz CT molecular complexity index is 257. The zero-order valence-corrected chi connectivity index (χ0v) is 12.5. The molecule has 1 aliphatic heterocycles. The molecule has 0 spiro atoms. The lowest BCUT2D eigenvalue weighted by Crippen LogP contribution is -2.47. The van der Waals surface area contributed by atoms with E-state index in [1.807, 2.05) is 0 Å². The van der Waals surface area contributed by atoms with Crippen LogP contribution in [0.5, 0.6) is 0 Å². The van der Waals surface area contributed by atoms with Gasteiger partial charge < -0.3 is 20.1 Å². The summed E-state index contributed by atoms with van der Waals surface area (Å²) in [5, 5.41) is 13.5. The van der Waals surface area contributed by atoms with Gasteiger partial charge in [0.25, 0.3) is 0 Å². The minimum Gasteiger partial charge on any atom is -0.389 e. The molecular weight excluding hydrogens is 240 g/mol. The van der Waals surface area contributed by atoms with Crippen LogP contribution in [-0.2, 0) is 4.74 Å². The molecule has 1 saturated heterocycles. The van der Waals surface area contributed by atoms with E-state index in [2.05, 4.69) is 24.2 Å². The zero-order valence-electron chi connectivity index (χ0n) is 12.5. The summed E-state index contributed by atoms with van der Waals surface area (Å²) in [6.07, 6.45) is 7.30. The second kappa shape index (κ2) is 7.58. The van der Waals surface area contributed by atoms with Crippen LogP contribution < -0.4 is 5.32 Å². The van der Waals surface area contributed by atoms with Crippen LogP contribution >= 0.6 is 0 Å². The third-order valence-electron chi connectivity index (χ3n) is 4.68. The standard InChI is InChI=1S/C15H30N2O2/c1-12-9-13(7-8-17(12)2)16-10-14(18)11-19-15-5-3-4-6-15/h12-16,18H,3-11H2,1-2H3. The summed E-state index contributed by atoms with van der Waals surface area (Å²) in [5.41, 5.74) is 0. The van der Waals surface area contributed by atoms with Crippen molar-refractivity contribution >= 4 is 0 Å². The van der Waals surface area contributed by atoms with Crippen molar-refractivity contribution in [3.63, 3.8) is 0 Å². The number of hydrogen-bond acceptors (Lipinski definition) is 4. The number of rotatable bonds is 6. The Morgan fingerprint density at radius 1 is 1.32 bits per heavy atom. The van der Waals surface area contributed by atoms with Crippen LogP contribution in [0.2, 0.25) is 0 Å². The number of aliphatic hydroxyl groups excluding tert-OH is 1. The molecule has 0 aromatic rings. The number of piperidine rings is 1. The molecule has 1 heterocycles. The van der Waals surface area contributed by atoms with Crippen molar-refractivity contribution < 1.29 is 9.84 Å².